The number of hydrogen-bond acceptors (Lipinski definition) is 3. The molecule has 0 aliphatic carbocycles. The molecule has 4 nitrogen and oxygen atoms in total. The molecule has 5 heteroatoms. The van der Waals surface area contributed by atoms with Gasteiger partial charge in [0, 0.05) is 24.9 Å². The fourth-order valence-corrected chi connectivity index (χ4v) is 4.26. The first kappa shape index (κ1) is 20.1. The van der Waals surface area contributed by atoms with Crippen molar-refractivity contribution >= 4 is 17.7 Å². The zero-order valence-electron chi connectivity index (χ0n) is 16.1. The number of guanidine groups is 1. The lowest BCUT2D eigenvalue weighted by Gasteiger charge is -2.18. The number of nitrogens with zero attached hydrogens (tertiary/aromatic N) is 2. The summed E-state index contributed by atoms with van der Waals surface area (Å²) in [5.41, 5.74) is 2.65. The molecule has 0 bridgehead atoms. The van der Waals surface area contributed by atoms with E-state index in [2.05, 4.69) is 72.3 Å². The van der Waals surface area contributed by atoms with Crippen LogP contribution >= 0.6 is 11.8 Å². The number of benzene rings is 1. The second-order valence-electron chi connectivity index (χ2n) is 6.49. The summed E-state index contributed by atoms with van der Waals surface area (Å²) in [6, 6.07) is 8.83. The Labute approximate surface area is 157 Å². The van der Waals surface area contributed by atoms with Gasteiger partial charge in [-0.1, -0.05) is 38.1 Å². The molecule has 1 aromatic carbocycles. The molecule has 1 unspecified atom stereocenters. The molecular formula is C20H34N4S. The molecule has 0 radical (unpaired) electrons. The number of rotatable bonds is 9. The van der Waals surface area contributed by atoms with Crippen LogP contribution in [0.3, 0.4) is 0 Å². The molecule has 1 heterocycles. The van der Waals surface area contributed by atoms with E-state index in [-0.39, 0.29) is 0 Å². The number of hydrogen-bond donors (Lipinski definition) is 2. The van der Waals surface area contributed by atoms with Gasteiger partial charge >= 0.3 is 0 Å². The van der Waals surface area contributed by atoms with Crippen molar-refractivity contribution in [3.8, 4) is 0 Å². The van der Waals surface area contributed by atoms with Crippen LogP contribution in [0, 0.1) is 0 Å². The van der Waals surface area contributed by atoms with Crippen molar-refractivity contribution in [1.82, 2.24) is 15.5 Å². The van der Waals surface area contributed by atoms with Crippen LogP contribution in [0.25, 0.3) is 0 Å². The molecule has 0 aromatic heterocycles. The maximum absolute atomic E-state index is 4.78. The van der Waals surface area contributed by atoms with Gasteiger partial charge in [-0.25, -0.2) is 4.99 Å². The van der Waals surface area contributed by atoms with E-state index < -0.39 is 0 Å². The Hall–Kier alpha value is -1.20. The SMILES string of the molecule is CCNC(=NCc1cccc(CN(CC)CC)c1)NCC1CCCS1. The minimum Gasteiger partial charge on any atom is -0.357 e. The molecule has 140 valence electrons. The van der Waals surface area contributed by atoms with Gasteiger partial charge < -0.3 is 10.6 Å². The molecule has 1 saturated heterocycles. The summed E-state index contributed by atoms with van der Waals surface area (Å²) < 4.78 is 0. The minimum absolute atomic E-state index is 0.721. The van der Waals surface area contributed by atoms with Gasteiger partial charge in [0.1, 0.15) is 0 Å². The van der Waals surface area contributed by atoms with Gasteiger partial charge in [-0.15, -0.1) is 0 Å². The highest BCUT2D eigenvalue weighted by Crippen LogP contribution is 2.25. The summed E-state index contributed by atoms with van der Waals surface area (Å²) in [6.45, 7) is 12.4. The summed E-state index contributed by atoms with van der Waals surface area (Å²) in [7, 11) is 0. The van der Waals surface area contributed by atoms with Gasteiger partial charge in [0.15, 0.2) is 5.96 Å². The molecule has 25 heavy (non-hydrogen) atoms. The van der Waals surface area contributed by atoms with Crippen LogP contribution in [0.15, 0.2) is 29.3 Å². The van der Waals surface area contributed by atoms with Gasteiger partial charge in [0.05, 0.1) is 6.54 Å². The summed E-state index contributed by atoms with van der Waals surface area (Å²) >= 11 is 2.08. The smallest absolute Gasteiger partial charge is 0.191 e. The van der Waals surface area contributed by atoms with E-state index in [1.165, 1.54) is 29.7 Å². The van der Waals surface area contributed by atoms with Gasteiger partial charge in [-0.2, -0.15) is 11.8 Å². The predicted octanol–water partition coefficient (Wildman–Crippen LogP) is 3.48. The Bertz CT molecular complexity index is 522. The Morgan fingerprint density at radius 2 is 2.00 bits per heavy atom. The van der Waals surface area contributed by atoms with Gasteiger partial charge in [-0.05, 0) is 49.7 Å². The molecule has 0 saturated carbocycles. The highest BCUT2D eigenvalue weighted by atomic mass is 32.2. The number of nitrogens with one attached hydrogen (secondary N) is 2. The fraction of sp³-hybridized carbons (Fsp3) is 0.650. The molecular weight excluding hydrogens is 328 g/mol. The van der Waals surface area contributed by atoms with E-state index in [4.69, 9.17) is 4.99 Å². The Balaban J connectivity index is 1.91. The molecule has 0 amide bonds. The van der Waals surface area contributed by atoms with E-state index in [1.807, 2.05) is 0 Å². The number of aliphatic imine (C=N–C) groups is 1. The second kappa shape index (κ2) is 11.4. The topological polar surface area (TPSA) is 39.7 Å². The lowest BCUT2D eigenvalue weighted by atomic mass is 10.1. The monoisotopic (exact) mass is 362 g/mol. The lowest BCUT2D eigenvalue weighted by molar-refractivity contribution is 0.296. The summed E-state index contributed by atoms with van der Waals surface area (Å²) in [5, 5.41) is 7.61. The third-order valence-corrected chi connectivity index (χ3v) is 5.98. The second-order valence-corrected chi connectivity index (χ2v) is 7.90. The van der Waals surface area contributed by atoms with Crippen LogP contribution in [0.5, 0.6) is 0 Å². The Morgan fingerprint density at radius 1 is 1.20 bits per heavy atom. The maximum Gasteiger partial charge on any atom is 0.191 e. The fourth-order valence-electron chi connectivity index (χ4n) is 3.06. The Morgan fingerprint density at radius 3 is 2.68 bits per heavy atom. The molecule has 1 aromatic rings. The van der Waals surface area contributed by atoms with Crippen molar-refractivity contribution in [3.05, 3.63) is 35.4 Å². The van der Waals surface area contributed by atoms with Crippen LogP contribution in [0.1, 0.15) is 44.7 Å². The van der Waals surface area contributed by atoms with E-state index in [0.29, 0.717) is 0 Å². The minimum atomic E-state index is 0.721. The molecule has 1 atom stereocenters. The van der Waals surface area contributed by atoms with Crippen molar-refractivity contribution < 1.29 is 0 Å². The van der Waals surface area contributed by atoms with Crippen LogP contribution in [-0.4, -0.2) is 48.0 Å². The van der Waals surface area contributed by atoms with E-state index >= 15 is 0 Å². The summed E-state index contributed by atoms with van der Waals surface area (Å²) in [4.78, 5) is 7.21. The standard InChI is InChI=1S/C20H34N4S/c1-4-21-20(23-15-19-11-8-12-25-19)22-14-17-9-7-10-18(13-17)16-24(5-2)6-3/h7,9-10,13,19H,4-6,8,11-12,14-16H2,1-3H3,(H2,21,22,23). The molecule has 2 N–H and O–H groups in total. The zero-order valence-corrected chi connectivity index (χ0v) is 16.9. The van der Waals surface area contributed by atoms with Crippen LogP contribution in [-0.2, 0) is 13.1 Å². The van der Waals surface area contributed by atoms with Crippen LogP contribution in [0.4, 0.5) is 0 Å². The quantitative estimate of drug-likeness (QED) is 0.521. The third kappa shape index (κ3) is 7.28. The molecule has 1 aliphatic rings. The largest absolute Gasteiger partial charge is 0.357 e. The average Bonchev–Trinajstić information content (AvgIpc) is 3.16. The van der Waals surface area contributed by atoms with Crippen molar-refractivity contribution in [2.75, 3.05) is 31.9 Å². The predicted molar refractivity (Wildman–Crippen MR) is 111 cm³/mol. The van der Waals surface area contributed by atoms with Crippen molar-refractivity contribution in [3.63, 3.8) is 0 Å². The normalized spacial score (nSPS) is 17.9. The van der Waals surface area contributed by atoms with Gasteiger partial charge in [0.2, 0.25) is 0 Å². The highest BCUT2D eigenvalue weighted by molar-refractivity contribution is 8.00. The molecule has 2 rings (SSSR count). The zero-order chi connectivity index (χ0) is 17.9. The van der Waals surface area contributed by atoms with Crippen molar-refractivity contribution in [1.29, 1.82) is 0 Å². The lowest BCUT2D eigenvalue weighted by Crippen LogP contribution is -2.40. The Kier molecular flexibility index (Phi) is 9.19. The molecule has 0 spiro atoms. The van der Waals surface area contributed by atoms with E-state index in [1.54, 1.807) is 0 Å². The summed E-state index contributed by atoms with van der Waals surface area (Å²) in [6.07, 6.45) is 2.68. The van der Waals surface area contributed by atoms with E-state index in [0.717, 1.165) is 50.5 Å². The average molecular weight is 363 g/mol. The maximum atomic E-state index is 4.78. The van der Waals surface area contributed by atoms with E-state index in [9.17, 15) is 0 Å². The number of thioether (sulfide) groups is 1. The highest BCUT2D eigenvalue weighted by Gasteiger charge is 2.15. The first-order valence-corrected chi connectivity index (χ1v) is 10.7. The van der Waals surface area contributed by atoms with Crippen LogP contribution in [0.2, 0.25) is 0 Å². The van der Waals surface area contributed by atoms with Gasteiger partial charge in [-0.3, -0.25) is 4.90 Å². The first-order valence-electron chi connectivity index (χ1n) is 9.69. The third-order valence-electron chi connectivity index (χ3n) is 4.58. The van der Waals surface area contributed by atoms with Crippen molar-refractivity contribution in [2.45, 2.75) is 52.0 Å². The summed E-state index contributed by atoms with van der Waals surface area (Å²) in [5.74, 6) is 2.24. The van der Waals surface area contributed by atoms with Crippen molar-refractivity contribution in [2.24, 2.45) is 4.99 Å². The van der Waals surface area contributed by atoms with Crippen LogP contribution < -0.4 is 10.6 Å². The first-order chi connectivity index (χ1) is 12.2. The van der Waals surface area contributed by atoms with Gasteiger partial charge in [0.25, 0.3) is 0 Å². The molecule has 1 fully saturated rings. The molecule has 1 aliphatic heterocycles.